The fourth-order valence-electron chi connectivity index (χ4n) is 3.59. The SMILES string of the molecule is COC(=O)C1=C(C)N=c2sc(=Cc3cnn(C)c3C)c(=O)n2[C@H]1c1ccc(OC)cc1. The third kappa shape index (κ3) is 3.50. The molecule has 160 valence electrons. The number of methoxy groups -OCH3 is 2. The van der Waals surface area contributed by atoms with Gasteiger partial charge in [0.15, 0.2) is 4.80 Å². The van der Waals surface area contributed by atoms with Crippen molar-refractivity contribution < 1.29 is 14.3 Å². The van der Waals surface area contributed by atoms with E-state index in [9.17, 15) is 9.59 Å². The molecule has 4 rings (SSSR count). The van der Waals surface area contributed by atoms with Gasteiger partial charge in [0.1, 0.15) is 5.75 Å². The molecule has 1 atom stereocenters. The maximum absolute atomic E-state index is 13.5. The number of allylic oxidation sites excluding steroid dienone is 1. The quantitative estimate of drug-likeness (QED) is 0.576. The number of benzene rings is 1. The maximum atomic E-state index is 13.5. The van der Waals surface area contributed by atoms with Crippen molar-refractivity contribution in [3.05, 3.63) is 78.2 Å². The first-order valence-corrected chi connectivity index (χ1v) is 10.4. The summed E-state index contributed by atoms with van der Waals surface area (Å²) in [5, 5.41) is 4.24. The molecule has 31 heavy (non-hydrogen) atoms. The lowest BCUT2D eigenvalue weighted by Gasteiger charge is -2.24. The number of carbonyl (C=O) groups excluding carboxylic acids is 1. The number of esters is 1. The van der Waals surface area contributed by atoms with E-state index in [1.54, 1.807) is 41.6 Å². The molecule has 0 saturated carbocycles. The standard InChI is InChI=1S/C22H22N4O4S/c1-12-18(21(28)30-5)19(14-6-8-16(29-4)9-7-14)26-20(27)17(31-22(26)24-12)10-15-11-23-25(3)13(15)2/h6-11,19H,1-5H3/t19-/m0/s1. The Kier molecular flexibility index (Phi) is 5.36. The van der Waals surface area contributed by atoms with Crippen LogP contribution < -0.4 is 19.6 Å². The van der Waals surface area contributed by atoms with Crippen LogP contribution in [0, 0.1) is 6.92 Å². The molecular weight excluding hydrogens is 416 g/mol. The minimum absolute atomic E-state index is 0.221. The molecule has 0 aliphatic carbocycles. The molecule has 0 radical (unpaired) electrons. The summed E-state index contributed by atoms with van der Waals surface area (Å²) < 4.78 is 14.1. The third-order valence-corrected chi connectivity index (χ3v) is 6.40. The number of carbonyl (C=O) groups is 1. The van der Waals surface area contributed by atoms with Crippen molar-refractivity contribution in [3.63, 3.8) is 0 Å². The second-order valence-electron chi connectivity index (χ2n) is 7.16. The summed E-state index contributed by atoms with van der Waals surface area (Å²) in [4.78, 5) is 31.2. The van der Waals surface area contributed by atoms with Crippen LogP contribution in [0.15, 0.2) is 51.5 Å². The maximum Gasteiger partial charge on any atom is 0.338 e. The molecule has 0 N–H and O–H groups in total. The number of thiazole rings is 1. The summed E-state index contributed by atoms with van der Waals surface area (Å²) in [6, 6.07) is 6.64. The summed E-state index contributed by atoms with van der Waals surface area (Å²) >= 11 is 1.29. The van der Waals surface area contributed by atoms with Crippen LogP contribution in [-0.4, -0.2) is 34.5 Å². The number of ether oxygens (including phenoxy) is 2. The zero-order valence-corrected chi connectivity index (χ0v) is 18.7. The van der Waals surface area contributed by atoms with Gasteiger partial charge in [-0.1, -0.05) is 23.5 Å². The van der Waals surface area contributed by atoms with Crippen molar-refractivity contribution in [2.45, 2.75) is 19.9 Å². The Labute approximate surface area is 182 Å². The molecule has 3 aromatic rings. The number of aryl methyl sites for hydroxylation is 1. The van der Waals surface area contributed by atoms with Crippen molar-refractivity contribution in [3.8, 4) is 5.75 Å². The van der Waals surface area contributed by atoms with Gasteiger partial charge in [0.2, 0.25) is 0 Å². The van der Waals surface area contributed by atoms with E-state index >= 15 is 0 Å². The fraction of sp³-hybridized carbons (Fsp3) is 0.273. The van der Waals surface area contributed by atoms with Gasteiger partial charge in [-0.25, -0.2) is 9.79 Å². The Morgan fingerprint density at radius 1 is 1.19 bits per heavy atom. The van der Waals surface area contributed by atoms with E-state index in [2.05, 4.69) is 10.1 Å². The number of hydrogen-bond acceptors (Lipinski definition) is 7. The molecule has 1 aliphatic rings. The zero-order chi connectivity index (χ0) is 22.3. The van der Waals surface area contributed by atoms with Crippen LogP contribution in [-0.2, 0) is 16.6 Å². The van der Waals surface area contributed by atoms with E-state index < -0.39 is 12.0 Å². The topological polar surface area (TPSA) is 87.7 Å². The van der Waals surface area contributed by atoms with E-state index in [0.29, 0.717) is 26.4 Å². The average Bonchev–Trinajstić information content (AvgIpc) is 3.25. The van der Waals surface area contributed by atoms with Gasteiger partial charge in [0, 0.05) is 18.3 Å². The highest BCUT2D eigenvalue weighted by molar-refractivity contribution is 7.07. The molecular formula is C22H22N4O4S. The Bertz CT molecular complexity index is 1380. The fourth-order valence-corrected chi connectivity index (χ4v) is 4.63. The largest absolute Gasteiger partial charge is 0.497 e. The number of fused-ring (bicyclic) bond motifs is 1. The minimum Gasteiger partial charge on any atom is -0.497 e. The third-order valence-electron chi connectivity index (χ3n) is 5.42. The smallest absolute Gasteiger partial charge is 0.338 e. The first-order chi connectivity index (χ1) is 14.8. The Morgan fingerprint density at radius 2 is 1.90 bits per heavy atom. The van der Waals surface area contributed by atoms with E-state index in [0.717, 1.165) is 16.8 Å². The van der Waals surface area contributed by atoms with Gasteiger partial charge in [-0.3, -0.25) is 14.0 Å². The molecule has 0 fully saturated rings. The summed E-state index contributed by atoms with van der Waals surface area (Å²) in [5.74, 6) is 0.169. The van der Waals surface area contributed by atoms with Gasteiger partial charge in [-0.15, -0.1) is 0 Å². The summed E-state index contributed by atoms with van der Waals surface area (Å²) in [6.07, 6.45) is 3.54. The van der Waals surface area contributed by atoms with Crippen molar-refractivity contribution in [2.75, 3.05) is 14.2 Å². The lowest BCUT2D eigenvalue weighted by molar-refractivity contribution is -0.136. The molecule has 1 aliphatic heterocycles. The number of hydrogen-bond donors (Lipinski definition) is 0. The number of nitrogens with zero attached hydrogens (tertiary/aromatic N) is 4. The van der Waals surface area contributed by atoms with Gasteiger partial charge >= 0.3 is 5.97 Å². The Morgan fingerprint density at radius 3 is 2.48 bits per heavy atom. The monoisotopic (exact) mass is 438 g/mol. The van der Waals surface area contributed by atoms with E-state index in [1.165, 1.54) is 18.4 Å². The molecule has 0 unspecified atom stereocenters. The first kappa shape index (κ1) is 20.8. The second-order valence-corrected chi connectivity index (χ2v) is 8.16. The van der Waals surface area contributed by atoms with Crippen LogP contribution in [0.25, 0.3) is 6.08 Å². The molecule has 0 saturated heterocycles. The normalized spacial score (nSPS) is 16.2. The highest BCUT2D eigenvalue weighted by Crippen LogP contribution is 2.31. The van der Waals surface area contributed by atoms with Crippen LogP contribution in [0.2, 0.25) is 0 Å². The molecule has 0 bridgehead atoms. The van der Waals surface area contributed by atoms with Gasteiger partial charge in [-0.2, -0.15) is 5.10 Å². The van der Waals surface area contributed by atoms with Crippen LogP contribution in [0.3, 0.4) is 0 Å². The molecule has 0 amide bonds. The van der Waals surface area contributed by atoms with E-state index in [4.69, 9.17) is 9.47 Å². The molecule has 9 heteroatoms. The molecule has 3 heterocycles. The molecule has 0 spiro atoms. The van der Waals surface area contributed by atoms with Crippen molar-refractivity contribution >= 4 is 23.4 Å². The minimum atomic E-state index is -0.647. The molecule has 2 aromatic heterocycles. The van der Waals surface area contributed by atoms with Gasteiger partial charge < -0.3 is 9.47 Å². The van der Waals surface area contributed by atoms with E-state index in [1.807, 2.05) is 32.2 Å². The van der Waals surface area contributed by atoms with Gasteiger partial charge in [-0.05, 0) is 37.6 Å². The second kappa shape index (κ2) is 7.99. The Hall–Kier alpha value is -3.46. The van der Waals surface area contributed by atoms with Crippen LogP contribution >= 0.6 is 11.3 Å². The average molecular weight is 439 g/mol. The summed E-state index contributed by atoms with van der Waals surface area (Å²) in [7, 11) is 4.76. The number of aromatic nitrogens is 3. The van der Waals surface area contributed by atoms with Crippen molar-refractivity contribution in [2.24, 2.45) is 12.0 Å². The van der Waals surface area contributed by atoms with Crippen LogP contribution in [0.1, 0.15) is 29.8 Å². The first-order valence-electron chi connectivity index (χ1n) is 9.59. The molecule has 8 nitrogen and oxygen atoms in total. The zero-order valence-electron chi connectivity index (χ0n) is 17.9. The highest BCUT2D eigenvalue weighted by atomic mass is 32.1. The summed E-state index contributed by atoms with van der Waals surface area (Å²) in [6.45, 7) is 3.70. The van der Waals surface area contributed by atoms with Gasteiger partial charge in [0.25, 0.3) is 5.56 Å². The lowest BCUT2D eigenvalue weighted by atomic mass is 9.96. The predicted octanol–water partition coefficient (Wildman–Crippen LogP) is 1.46. The van der Waals surface area contributed by atoms with E-state index in [-0.39, 0.29) is 5.56 Å². The molecule has 1 aromatic carbocycles. The van der Waals surface area contributed by atoms with Crippen LogP contribution in [0.4, 0.5) is 0 Å². The predicted molar refractivity (Wildman–Crippen MR) is 117 cm³/mol. The van der Waals surface area contributed by atoms with Crippen molar-refractivity contribution in [1.82, 2.24) is 14.3 Å². The lowest BCUT2D eigenvalue weighted by Crippen LogP contribution is -2.39. The summed E-state index contributed by atoms with van der Waals surface area (Å²) in [5.41, 5.74) is 3.21. The van der Waals surface area contributed by atoms with Gasteiger partial charge in [0.05, 0.1) is 42.3 Å². The Balaban J connectivity index is 1.97. The highest BCUT2D eigenvalue weighted by Gasteiger charge is 2.33. The van der Waals surface area contributed by atoms with Crippen LogP contribution in [0.5, 0.6) is 5.75 Å². The van der Waals surface area contributed by atoms with Crippen molar-refractivity contribution in [1.29, 1.82) is 0 Å². The number of rotatable bonds is 4.